The van der Waals surface area contributed by atoms with Crippen LogP contribution in [-0.2, 0) is 9.53 Å². The number of carbonyl (C=O) groups excluding carboxylic acids is 2. The topological polar surface area (TPSA) is 99.2 Å². The second-order valence-electron chi connectivity index (χ2n) is 4.05. The molecule has 1 aliphatic rings. The number of nitrogens with one attached hydrogen (secondary N) is 1. The molecule has 0 saturated carbocycles. The van der Waals surface area contributed by atoms with E-state index in [4.69, 9.17) is 9.84 Å². The fourth-order valence-corrected chi connectivity index (χ4v) is 1.70. The summed E-state index contributed by atoms with van der Waals surface area (Å²) in [4.78, 5) is 36.5. The van der Waals surface area contributed by atoms with Crippen molar-refractivity contribution in [2.24, 2.45) is 0 Å². The molecule has 0 aromatic heterocycles. The highest BCUT2D eigenvalue weighted by Crippen LogP contribution is 2.04. The third-order valence-corrected chi connectivity index (χ3v) is 2.71. The van der Waals surface area contributed by atoms with Crippen molar-refractivity contribution < 1.29 is 24.2 Å². The summed E-state index contributed by atoms with van der Waals surface area (Å²) in [7, 11) is 0. The van der Waals surface area contributed by atoms with Gasteiger partial charge in [0.15, 0.2) is 0 Å². The molecule has 0 aromatic rings. The lowest BCUT2D eigenvalue weighted by Crippen LogP contribution is -2.53. The Bertz CT molecular complexity index is 339. The van der Waals surface area contributed by atoms with Gasteiger partial charge < -0.3 is 25.0 Å². The van der Waals surface area contributed by atoms with Gasteiger partial charge in [-0.05, 0) is 6.92 Å². The number of ether oxygens (including phenoxy) is 1. The standard InChI is InChI=1S/C11H19N3O5/c1-2-19-11(18)14-7-5-13(6-8-14)10(17)12-4-3-9(15)16/h2-8H2,1H3,(H,12,17)(H,15,16). The Hall–Kier alpha value is -1.99. The van der Waals surface area contributed by atoms with E-state index in [9.17, 15) is 14.4 Å². The lowest BCUT2D eigenvalue weighted by molar-refractivity contribution is -0.136. The van der Waals surface area contributed by atoms with E-state index < -0.39 is 5.97 Å². The molecule has 8 nitrogen and oxygen atoms in total. The highest BCUT2D eigenvalue weighted by Gasteiger charge is 2.24. The number of urea groups is 1. The van der Waals surface area contributed by atoms with E-state index in [0.29, 0.717) is 32.8 Å². The van der Waals surface area contributed by atoms with Gasteiger partial charge in [-0.25, -0.2) is 9.59 Å². The van der Waals surface area contributed by atoms with Gasteiger partial charge in [0.2, 0.25) is 0 Å². The molecule has 108 valence electrons. The number of carboxylic acid groups (broad SMARTS) is 1. The summed E-state index contributed by atoms with van der Waals surface area (Å²) in [6.07, 6.45) is -0.470. The van der Waals surface area contributed by atoms with Crippen molar-refractivity contribution in [2.45, 2.75) is 13.3 Å². The maximum atomic E-state index is 11.7. The highest BCUT2D eigenvalue weighted by molar-refractivity contribution is 5.76. The first kappa shape index (κ1) is 15.1. The number of amides is 3. The first-order valence-corrected chi connectivity index (χ1v) is 6.21. The van der Waals surface area contributed by atoms with Crippen molar-refractivity contribution >= 4 is 18.1 Å². The largest absolute Gasteiger partial charge is 0.481 e. The van der Waals surface area contributed by atoms with Crippen LogP contribution in [0.15, 0.2) is 0 Å². The van der Waals surface area contributed by atoms with Gasteiger partial charge in [-0.1, -0.05) is 0 Å². The third-order valence-electron chi connectivity index (χ3n) is 2.71. The van der Waals surface area contributed by atoms with E-state index >= 15 is 0 Å². The Morgan fingerprint density at radius 3 is 2.26 bits per heavy atom. The number of hydrogen-bond donors (Lipinski definition) is 2. The number of carbonyl (C=O) groups is 3. The minimum atomic E-state index is -0.951. The molecule has 19 heavy (non-hydrogen) atoms. The maximum absolute atomic E-state index is 11.7. The fourth-order valence-electron chi connectivity index (χ4n) is 1.70. The van der Waals surface area contributed by atoms with Crippen LogP contribution >= 0.6 is 0 Å². The molecule has 0 aliphatic carbocycles. The van der Waals surface area contributed by atoms with E-state index in [1.165, 1.54) is 0 Å². The molecule has 8 heteroatoms. The summed E-state index contributed by atoms with van der Waals surface area (Å²) in [5.74, 6) is -0.951. The van der Waals surface area contributed by atoms with Crippen LogP contribution in [0.4, 0.5) is 9.59 Å². The Balaban J connectivity index is 2.27. The molecule has 1 heterocycles. The van der Waals surface area contributed by atoms with Gasteiger partial charge in [-0.2, -0.15) is 0 Å². The van der Waals surface area contributed by atoms with E-state index in [1.807, 2.05) is 0 Å². The molecule has 3 amide bonds. The van der Waals surface area contributed by atoms with E-state index in [1.54, 1.807) is 16.7 Å². The van der Waals surface area contributed by atoms with Gasteiger partial charge in [-0.15, -0.1) is 0 Å². The average Bonchev–Trinajstić information content (AvgIpc) is 2.38. The molecule has 0 radical (unpaired) electrons. The maximum Gasteiger partial charge on any atom is 0.409 e. The van der Waals surface area contributed by atoms with Crippen LogP contribution < -0.4 is 5.32 Å². The zero-order valence-corrected chi connectivity index (χ0v) is 10.9. The summed E-state index contributed by atoms with van der Waals surface area (Å²) in [6.45, 7) is 3.84. The predicted molar refractivity (Wildman–Crippen MR) is 65.8 cm³/mol. The average molecular weight is 273 g/mol. The molecule has 0 spiro atoms. The molecular weight excluding hydrogens is 254 g/mol. The first-order valence-electron chi connectivity index (χ1n) is 6.21. The Morgan fingerprint density at radius 2 is 1.74 bits per heavy atom. The minimum Gasteiger partial charge on any atom is -0.481 e. The van der Waals surface area contributed by atoms with Crippen molar-refractivity contribution in [1.82, 2.24) is 15.1 Å². The van der Waals surface area contributed by atoms with Gasteiger partial charge in [-0.3, -0.25) is 4.79 Å². The molecule has 0 unspecified atom stereocenters. The summed E-state index contributed by atoms with van der Waals surface area (Å²) in [6, 6.07) is -0.301. The minimum absolute atomic E-state index is 0.103. The number of piperazine rings is 1. The van der Waals surface area contributed by atoms with Crippen LogP contribution in [0.1, 0.15) is 13.3 Å². The molecular formula is C11H19N3O5. The molecule has 1 aliphatic heterocycles. The molecule has 0 aromatic carbocycles. The first-order chi connectivity index (χ1) is 9.04. The zero-order valence-electron chi connectivity index (χ0n) is 10.9. The summed E-state index contributed by atoms with van der Waals surface area (Å²) < 4.78 is 4.87. The van der Waals surface area contributed by atoms with Crippen LogP contribution in [0.5, 0.6) is 0 Å². The van der Waals surface area contributed by atoms with E-state index in [0.717, 1.165) is 0 Å². The zero-order chi connectivity index (χ0) is 14.3. The van der Waals surface area contributed by atoms with E-state index in [-0.39, 0.29) is 25.1 Å². The van der Waals surface area contributed by atoms with Gasteiger partial charge in [0.1, 0.15) is 0 Å². The molecule has 1 rings (SSSR count). The van der Waals surface area contributed by atoms with Crippen molar-refractivity contribution in [3.63, 3.8) is 0 Å². The van der Waals surface area contributed by atoms with Gasteiger partial charge >= 0.3 is 18.1 Å². The molecule has 2 N–H and O–H groups in total. The quantitative estimate of drug-likeness (QED) is 0.748. The molecule has 0 atom stereocenters. The Labute approximate surface area is 111 Å². The number of rotatable bonds is 4. The second kappa shape index (κ2) is 7.45. The summed E-state index contributed by atoms with van der Waals surface area (Å²) in [5, 5.41) is 11.0. The Morgan fingerprint density at radius 1 is 1.16 bits per heavy atom. The molecule has 1 saturated heterocycles. The third kappa shape index (κ3) is 5.02. The SMILES string of the molecule is CCOC(=O)N1CCN(C(=O)NCCC(=O)O)CC1. The van der Waals surface area contributed by atoms with Crippen LogP contribution in [0.3, 0.4) is 0 Å². The van der Waals surface area contributed by atoms with Crippen molar-refractivity contribution in [3.05, 3.63) is 0 Å². The summed E-state index contributed by atoms with van der Waals surface area (Å²) >= 11 is 0. The lowest BCUT2D eigenvalue weighted by Gasteiger charge is -2.33. The monoisotopic (exact) mass is 273 g/mol. The highest BCUT2D eigenvalue weighted by atomic mass is 16.6. The van der Waals surface area contributed by atoms with Crippen LogP contribution in [0, 0.1) is 0 Å². The summed E-state index contributed by atoms with van der Waals surface area (Å²) in [5.41, 5.74) is 0. The number of aliphatic carboxylic acids is 1. The molecule has 0 bridgehead atoms. The normalized spacial score (nSPS) is 15.0. The number of nitrogens with zero attached hydrogens (tertiary/aromatic N) is 2. The van der Waals surface area contributed by atoms with Gasteiger partial charge in [0, 0.05) is 32.7 Å². The Kier molecular flexibility index (Phi) is 5.91. The second-order valence-corrected chi connectivity index (χ2v) is 4.05. The van der Waals surface area contributed by atoms with Crippen LogP contribution in [-0.4, -0.2) is 72.3 Å². The predicted octanol–water partition coefficient (Wildman–Crippen LogP) is -0.0552. The van der Waals surface area contributed by atoms with Crippen LogP contribution in [0.2, 0.25) is 0 Å². The number of carboxylic acids is 1. The van der Waals surface area contributed by atoms with Gasteiger partial charge in [0.25, 0.3) is 0 Å². The number of hydrogen-bond acceptors (Lipinski definition) is 4. The van der Waals surface area contributed by atoms with Crippen LogP contribution in [0.25, 0.3) is 0 Å². The van der Waals surface area contributed by atoms with Gasteiger partial charge in [0.05, 0.1) is 13.0 Å². The van der Waals surface area contributed by atoms with Crippen molar-refractivity contribution in [1.29, 1.82) is 0 Å². The van der Waals surface area contributed by atoms with Crippen molar-refractivity contribution in [2.75, 3.05) is 39.3 Å². The smallest absolute Gasteiger partial charge is 0.409 e. The fraction of sp³-hybridized carbons (Fsp3) is 0.727. The molecule has 1 fully saturated rings. The lowest BCUT2D eigenvalue weighted by atomic mass is 10.3. The van der Waals surface area contributed by atoms with E-state index in [2.05, 4.69) is 5.32 Å². The van der Waals surface area contributed by atoms with Crippen molar-refractivity contribution in [3.8, 4) is 0 Å².